The first-order valence-electron chi connectivity index (χ1n) is 7.45. The van der Waals surface area contributed by atoms with Gasteiger partial charge in [0.1, 0.15) is 0 Å². The van der Waals surface area contributed by atoms with Crippen molar-refractivity contribution in [1.82, 2.24) is 0 Å². The fraction of sp³-hybridized carbons (Fsp3) is 0.200. The van der Waals surface area contributed by atoms with Crippen molar-refractivity contribution in [2.75, 3.05) is 5.32 Å². The maximum Gasteiger partial charge on any atom is 0.0485 e. The highest BCUT2D eigenvalue weighted by molar-refractivity contribution is 5.83. The van der Waals surface area contributed by atoms with Crippen LogP contribution in [0.1, 0.15) is 29.7 Å². The first-order valence-corrected chi connectivity index (χ1v) is 7.45. The summed E-state index contributed by atoms with van der Waals surface area (Å²) in [7, 11) is 0. The second kappa shape index (κ2) is 5.61. The average molecular weight is 275 g/mol. The SMILES string of the molecule is Cc1cc(C)cc(NC(C)c2ccc3ccccc3c2)c1. The molecule has 0 aliphatic rings. The zero-order chi connectivity index (χ0) is 14.8. The minimum Gasteiger partial charge on any atom is -0.379 e. The maximum absolute atomic E-state index is 3.60. The van der Waals surface area contributed by atoms with E-state index in [0.29, 0.717) is 0 Å². The molecule has 0 spiro atoms. The summed E-state index contributed by atoms with van der Waals surface area (Å²) in [4.78, 5) is 0. The molecule has 0 bridgehead atoms. The minimum atomic E-state index is 0.288. The Hall–Kier alpha value is -2.28. The van der Waals surface area contributed by atoms with Crippen LogP contribution < -0.4 is 5.32 Å². The molecule has 3 aromatic carbocycles. The van der Waals surface area contributed by atoms with E-state index in [0.717, 1.165) is 0 Å². The lowest BCUT2D eigenvalue weighted by atomic mass is 10.0. The monoisotopic (exact) mass is 275 g/mol. The predicted octanol–water partition coefficient (Wildman–Crippen LogP) is 5.63. The smallest absolute Gasteiger partial charge is 0.0485 e. The molecule has 0 amide bonds. The van der Waals surface area contributed by atoms with E-state index in [4.69, 9.17) is 0 Å². The van der Waals surface area contributed by atoms with Crippen LogP contribution in [0.25, 0.3) is 10.8 Å². The van der Waals surface area contributed by atoms with Crippen molar-refractivity contribution < 1.29 is 0 Å². The molecule has 1 atom stereocenters. The van der Waals surface area contributed by atoms with Gasteiger partial charge in [0, 0.05) is 11.7 Å². The molecular formula is C20H21N. The predicted molar refractivity (Wildman–Crippen MR) is 91.9 cm³/mol. The van der Waals surface area contributed by atoms with Gasteiger partial charge in [0.05, 0.1) is 0 Å². The van der Waals surface area contributed by atoms with Crippen LogP contribution in [0.4, 0.5) is 5.69 Å². The lowest BCUT2D eigenvalue weighted by Crippen LogP contribution is -2.06. The first kappa shape index (κ1) is 13.7. The van der Waals surface area contributed by atoms with Gasteiger partial charge in [-0.05, 0) is 66.4 Å². The van der Waals surface area contributed by atoms with E-state index in [1.807, 2.05) is 0 Å². The van der Waals surface area contributed by atoms with E-state index in [9.17, 15) is 0 Å². The van der Waals surface area contributed by atoms with Crippen molar-refractivity contribution in [3.63, 3.8) is 0 Å². The van der Waals surface area contributed by atoms with Gasteiger partial charge in [0.15, 0.2) is 0 Å². The second-order valence-corrected chi connectivity index (χ2v) is 5.85. The zero-order valence-corrected chi connectivity index (χ0v) is 12.9. The number of anilines is 1. The molecule has 106 valence electrons. The van der Waals surface area contributed by atoms with Crippen LogP contribution in [0, 0.1) is 13.8 Å². The molecule has 0 aliphatic heterocycles. The van der Waals surface area contributed by atoms with Gasteiger partial charge in [0.25, 0.3) is 0 Å². The Morgan fingerprint density at radius 1 is 0.762 bits per heavy atom. The third-order valence-electron chi connectivity index (χ3n) is 3.88. The van der Waals surface area contributed by atoms with Gasteiger partial charge in [-0.15, -0.1) is 0 Å². The third-order valence-corrected chi connectivity index (χ3v) is 3.88. The number of aryl methyl sites for hydroxylation is 2. The van der Waals surface area contributed by atoms with Crippen molar-refractivity contribution in [2.45, 2.75) is 26.8 Å². The summed E-state index contributed by atoms with van der Waals surface area (Å²) < 4.78 is 0. The van der Waals surface area contributed by atoms with Crippen molar-refractivity contribution >= 4 is 16.5 Å². The highest BCUT2D eigenvalue weighted by atomic mass is 14.9. The Bertz CT molecular complexity index is 753. The van der Waals surface area contributed by atoms with Crippen LogP contribution in [0.3, 0.4) is 0 Å². The second-order valence-electron chi connectivity index (χ2n) is 5.85. The Kier molecular flexibility index (Phi) is 3.66. The third kappa shape index (κ3) is 3.08. The number of rotatable bonds is 3. The molecule has 0 heterocycles. The highest BCUT2D eigenvalue weighted by Crippen LogP contribution is 2.24. The van der Waals surface area contributed by atoms with E-state index in [1.165, 1.54) is 33.2 Å². The number of benzene rings is 3. The van der Waals surface area contributed by atoms with Gasteiger partial charge in [-0.25, -0.2) is 0 Å². The molecule has 1 N–H and O–H groups in total. The summed E-state index contributed by atoms with van der Waals surface area (Å²) in [5.41, 5.74) is 5.09. The summed E-state index contributed by atoms with van der Waals surface area (Å²) in [6, 6.07) is 22.1. The molecule has 0 aromatic heterocycles. The Morgan fingerprint density at radius 3 is 2.14 bits per heavy atom. The molecule has 1 unspecified atom stereocenters. The molecule has 21 heavy (non-hydrogen) atoms. The largest absolute Gasteiger partial charge is 0.379 e. The number of hydrogen-bond donors (Lipinski definition) is 1. The number of nitrogens with one attached hydrogen (secondary N) is 1. The zero-order valence-electron chi connectivity index (χ0n) is 12.9. The fourth-order valence-electron chi connectivity index (χ4n) is 2.87. The van der Waals surface area contributed by atoms with Crippen molar-refractivity contribution in [3.8, 4) is 0 Å². The topological polar surface area (TPSA) is 12.0 Å². The molecule has 3 aromatic rings. The summed E-state index contributed by atoms with van der Waals surface area (Å²) in [6.45, 7) is 6.49. The molecule has 0 saturated carbocycles. The molecule has 1 heteroatoms. The Balaban J connectivity index is 1.87. The molecule has 1 nitrogen and oxygen atoms in total. The molecular weight excluding hydrogens is 254 g/mol. The quantitative estimate of drug-likeness (QED) is 0.653. The minimum absolute atomic E-state index is 0.288. The van der Waals surface area contributed by atoms with Crippen molar-refractivity contribution in [3.05, 3.63) is 77.4 Å². The normalized spacial score (nSPS) is 12.3. The average Bonchev–Trinajstić information content (AvgIpc) is 2.45. The van der Waals surface area contributed by atoms with Crippen LogP contribution in [0.2, 0.25) is 0 Å². The van der Waals surface area contributed by atoms with Gasteiger partial charge in [-0.2, -0.15) is 0 Å². The van der Waals surface area contributed by atoms with Crippen LogP contribution in [0.15, 0.2) is 60.7 Å². The van der Waals surface area contributed by atoms with E-state index in [1.54, 1.807) is 0 Å². The van der Waals surface area contributed by atoms with Crippen LogP contribution in [0.5, 0.6) is 0 Å². The van der Waals surface area contributed by atoms with E-state index in [-0.39, 0.29) is 6.04 Å². The van der Waals surface area contributed by atoms with Gasteiger partial charge in [-0.3, -0.25) is 0 Å². The summed E-state index contributed by atoms with van der Waals surface area (Å²) in [5, 5.41) is 6.19. The van der Waals surface area contributed by atoms with Crippen LogP contribution >= 0.6 is 0 Å². The number of hydrogen-bond acceptors (Lipinski definition) is 1. The van der Waals surface area contributed by atoms with Gasteiger partial charge >= 0.3 is 0 Å². The van der Waals surface area contributed by atoms with Crippen molar-refractivity contribution in [1.29, 1.82) is 0 Å². The Labute approximate surface area is 126 Å². The van der Waals surface area contributed by atoms with E-state index in [2.05, 4.69) is 86.8 Å². The fourth-order valence-corrected chi connectivity index (χ4v) is 2.87. The van der Waals surface area contributed by atoms with Crippen LogP contribution in [-0.2, 0) is 0 Å². The van der Waals surface area contributed by atoms with E-state index >= 15 is 0 Å². The Morgan fingerprint density at radius 2 is 1.43 bits per heavy atom. The number of fused-ring (bicyclic) bond motifs is 1. The summed E-state index contributed by atoms with van der Waals surface area (Å²) >= 11 is 0. The molecule has 0 saturated heterocycles. The van der Waals surface area contributed by atoms with Gasteiger partial charge < -0.3 is 5.32 Å². The summed E-state index contributed by atoms with van der Waals surface area (Å²) in [5.74, 6) is 0. The molecule has 0 radical (unpaired) electrons. The summed E-state index contributed by atoms with van der Waals surface area (Å²) in [6.07, 6.45) is 0. The highest BCUT2D eigenvalue weighted by Gasteiger charge is 2.06. The van der Waals surface area contributed by atoms with Gasteiger partial charge in [0.2, 0.25) is 0 Å². The lowest BCUT2D eigenvalue weighted by Gasteiger charge is -2.17. The van der Waals surface area contributed by atoms with Gasteiger partial charge in [-0.1, -0.05) is 42.5 Å². The molecule has 3 rings (SSSR count). The first-order chi connectivity index (χ1) is 10.1. The standard InChI is InChI=1S/C20H21N/c1-14-10-15(2)12-20(11-14)21-16(3)18-9-8-17-6-4-5-7-19(17)13-18/h4-13,16,21H,1-3H3. The maximum atomic E-state index is 3.60. The van der Waals surface area contributed by atoms with E-state index < -0.39 is 0 Å². The van der Waals surface area contributed by atoms with Crippen LogP contribution in [-0.4, -0.2) is 0 Å². The molecule has 0 fully saturated rings. The molecule has 0 aliphatic carbocycles. The van der Waals surface area contributed by atoms with Crippen molar-refractivity contribution in [2.24, 2.45) is 0 Å². The lowest BCUT2D eigenvalue weighted by molar-refractivity contribution is 0.886.